The Kier molecular flexibility index (Phi) is 3.63. The van der Waals surface area contributed by atoms with Crippen LogP contribution in [0, 0.1) is 6.92 Å². The molecule has 2 heteroatoms. The predicted molar refractivity (Wildman–Crippen MR) is 64.5 cm³/mol. The molecule has 0 aliphatic carbocycles. The molecule has 0 unspecified atom stereocenters. The second-order valence-corrected chi connectivity index (χ2v) is 4.74. The first kappa shape index (κ1) is 12.6. The van der Waals surface area contributed by atoms with Crippen LogP contribution in [0.2, 0.25) is 0 Å². The van der Waals surface area contributed by atoms with Gasteiger partial charge in [-0.25, -0.2) is 0 Å². The van der Waals surface area contributed by atoms with E-state index in [1.54, 1.807) is 0 Å². The number of hydrogen-bond donors (Lipinski definition) is 0. The van der Waals surface area contributed by atoms with Crippen LogP contribution in [-0.2, 0) is 15.0 Å². The van der Waals surface area contributed by atoms with Gasteiger partial charge in [-0.05, 0) is 38.8 Å². The van der Waals surface area contributed by atoms with Crippen molar-refractivity contribution in [2.75, 3.05) is 0 Å². The molecule has 1 aromatic carbocycles. The Labute approximate surface area is 96.7 Å². The van der Waals surface area contributed by atoms with Crippen LogP contribution in [0.15, 0.2) is 24.3 Å². The zero-order chi connectivity index (χ0) is 12.3. The fraction of sp³-hybridized carbons (Fsp3) is 0.429. The molecule has 1 rings (SSSR count). The SMILES string of the molecule is CC(=O)CC(=O)C(C)(C)c1ccccc1C. The Morgan fingerprint density at radius 3 is 2.25 bits per heavy atom. The first-order chi connectivity index (χ1) is 7.35. The van der Waals surface area contributed by atoms with Gasteiger partial charge >= 0.3 is 0 Å². The van der Waals surface area contributed by atoms with Crippen LogP contribution in [0.4, 0.5) is 0 Å². The maximum absolute atomic E-state index is 12.0. The van der Waals surface area contributed by atoms with Gasteiger partial charge in [0.25, 0.3) is 0 Å². The highest BCUT2D eigenvalue weighted by Crippen LogP contribution is 2.28. The lowest BCUT2D eigenvalue weighted by Crippen LogP contribution is -2.31. The summed E-state index contributed by atoms with van der Waals surface area (Å²) in [6.07, 6.45) is 0.0152. The number of benzene rings is 1. The lowest BCUT2D eigenvalue weighted by molar-refractivity contribution is -0.128. The molecule has 16 heavy (non-hydrogen) atoms. The number of Topliss-reactive ketones (excluding diaryl/α,β-unsaturated/α-hetero) is 2. The van der Waals surface area contributed by atoms with Crippen molar-refractivity contribution < 1.29 is 9.59 Å². The molecule has 86 valence electrons. The Bertz CT molecular complexity index is 416. The van der Waals surface area contributed by atoms with Gasteiger partial charge in [0.1, 0.15) is 11.6 Å². The van der Waals surface area contributed by atoms with Crippen LogP contribution in [0.25, 0.3) is 0 Å². The molecule has 0 atom stereocenters. The van der Waals surface area contributed by atoms with Crippen molar-refractivity contribution in [2.45, 2.75) is 39.5 Å². The van der Waals surface area contributed by atoms with Crippen LogP contribution in [-0.4, -0.2) is 11.6 Å². The zero-order valence-electron chi connectivity index (χ0n) is 10.3. The van der Waals surface area contributed by atoms with Gasteiger partial charge in [-0.15, -0.1) is 0 Å². The van der Waals surface area contributed by atoms with E-state index in [9.17, 15) is 9.59 Å². The maximum Gasteiger partial charge on any atom is 0.150 e. The average molecular weight is 218 g/mol. The van der Waals surface area contributed by atoms with Crippen molar-refractivity contribution in [1.82, 2.24) is 0 Å². The smallest absolute Gasteiger partial charge is 0.150 e. The molecule has 1 aromatic rings. The lowest BCUT2D eigenvalue weighted by atomic mass is 9.77. The molecule has 0 heterocycles. The van der Waals surface area contributed by atoms with E-state index in [0.717, 1.165) is 11.1 Å². The van der Waals surface area contributed by atoms with Gasteiger partial charge in [0.05, 0.1) is 6.42 Å². The standard InChI is InChI=1S/C14H18O2/c1-10-7-5-6-8-12(10)14(3,4)13(16)9-11(2)15/h5-8H,9H2,1-4H3. The van der Waals surface area contributed by atoms with Crippen LogP contribution in [0.3, 0.4) is 0 Å². The first-order valence-corrected chi connectivity index (χ1v) is 5.44. The maximum atomic E-state index is 12.0. The second-order valence-electron chi connectivity index (χ2n) is 4.74. The minimum Gasteiger partial charge on any atom is -0.300 e. The highest BCUT2D eigenvalue weighted by molar-refractivity contribution is 6.03. The van der Waals surface area contributed by atoms with E-state index in [4.69, 9.17) is 0 Å². The third-order valence-corrected chi connectivity index (χ3v) is 2.93. The summed E-state index contributed by atoms with van der Waals surface area (Å²) < 4.78 is 0. The van der Waals surface area contributed by atoms with Gasteiger partial charge in [0.15, 0.2) is 0 Å². The van der Waals surface area contributed by atoms with Crippen LogP contribution < -0.4 is 0 Å². The summed E-state index contributed by atoms with van der Waals surface area (Å²) in [6, 6.07) is 7.81. The van der Waals surface area contributed by atoms with Crippen LogP contribution >= 0.6 is 0 Å². The molecule has 0 N–H and O–H groups in total. The molecule has 0 aliphatic heterocycles. The van der Waals surface area contributed by atoms with E-state index in [0.29, 0.717) is 0 Å². The minimum absolute atomic E-state index is 0.0152. The number of carbonyl (C=O) groups excluding carboxylic acids is 2. The largest absolute Gasteiger partial charge is 0.300 e. The fourth-order valence-electron chi connectivity index (χ4n) is 1.87. The third-order valence-electron chi connectivity index (χ3n) is 2.93. The highest BCUT2D eigenvalue weighted by Gasteiger charge is 2.30. The van der Waals surface area contributed by atoms with Crippen molar-refractivity contribution in [3.05, 3.63) is 35.4 Å². The molecule has 0 amide bonds. The van der Waals surface area contributed by atoms with Crippen molar-refractivity contribution in [1.29, 1.82) is 0 Å². The van der Waals surface area contributed by atoms with Crippen molar-refractivity contribution >= 4 is 11.6 Å². The fourth-order valence-corrected chi connectivity index (χ4v) is 1.87. The molecule has 0 bridgehead atoms. The normalized spacial score (nSPS) is 11.2. The summed E-state index contributed by atoms with van der Waals surface area (Å²) in [6.45, 7) is 7.19. The Morgan fingerprint density at radius 2 is 1.75 bits per heavy atom. The molecular weight excluding hydrogens is 200 g/mol. The van der Waals surface area contributed by atoms with Gasteiger partial charge in [0, 0.05) is 5.41 Å². The van der Waals surface area contributed by atoms with Crippen LogP contribution in [0.1, 0.15) is 38.3 Å². The molecule has 0 spiro atoms. The van der Waals surface area contributed by atoms with Crippen molar-refractivity contribution in [3.8, 4) is 0 Å². The van der Waals surface area contributed by atoms with Gasteiger partial charge in [-0.1, -0.05) is 24.3 Å². The molecule has 2 nitrogen and oxygen atoms in total. The summed E-state index contributed by atoms with van der Waals surface area (Å²) in [5.74, 6) is -0.0963. The summed E-state index contributed by atoms with van der Waals surface area (Å²) in [7, 11) is 0. The first-order valence-electron chi connectivity index (χ1n) is 5.44. The second kappa shape index (κ2) is 4.60. The monoisotopic (exact) mass is 218 g/mol. The number of hydrogen-bond acceptors (Lipinski definition) is 2. The van der Waals surface area contributed by atoms with Gasteiger partial charge < -0.3 is 0 Å². The third kappa shape index (κ3) is 2.57. The molecule has 0 saturated carbocycles. The Morgan fingerprint density at radius 1 is 1.19 bits per heavy atom. The van der Waals surface area contributed by atoms with E-state index < -0.39 is 5.41 Å². The topological polar surface area (TPSA) is 34.1 Å². The molecule has 0 fully saturated rings. The summed E-state index contributed by atoms with van der Waals surface area (Å²) >= 11 is 0. The van der Waals surface area contributed by atoms with E-state index in [1.807, 2.05) is 45.0 Å². The molecule has 0 saturated heterocycles. The van der Waals surface area contributed by atoms with Crippen molar-refractivity contribution in [2.24, 2.45) is 0 Å². The lowest BCUT2D eigenvalue weighted by Gasteiger charge is -2.25. The van der Waals surface area contributed by atoms with E-state index in [2.05, 4.69) is 0 Å². The van der Waals surface area contributed by atoms with Gasteiger partial charge in [-0.2, -0.15) is 0 Å². The van der Waals surface area contributed by atoms with Gasteiger partial charge in [0.2, 0.25) is 0 Å². The molecule has 0 aromatic heterocycles. The van der Waals surface area contributed by atoms with E-state index in [1.165, 1.54) is 6.92 Å². The summed E-state index contributed by atoms with van der Waals surface area (Å²) in [5, 5.41) is 0. The summed E-state index contributed by atoms with van der Waals surface area (Å²) in [5.41, 5.74) is 1.50. The average Bonchev–Trinajstić information content (AvgIpc) is 2.16. The molecule has 0 aliphatic rings. The summed E-state index contributed by atoms with van der Waals surface area (Å²) in [4.78, 5) is 23.0. The number of carbonyl (C=O) groups is 2. The van der Waals surface area contributed by atoms with E-state index >= 15 is 0 Å². The Hall–Kier alpha value is -1.44. The zero-order valence-corrected chi connectivity index (χ0v) is 10.3. The minimum atomic E-state index is -0.586. The predicted octanol–water partition coefficient (Wildman–Crippen LogP) is 2.82. The molecular formula is C14H18O2. The van der Waals surface area contributed by atoms with Crippen molar-refractivity contribution in [3.63, 3.8) is 0 Å². The number of rotatable bonds is 4. The highest BCUT2D eigenvalue weighted by atomic mass is 16.1. The number of aryl methyl sites for hydroxylation is 1. The number of ketones is 2. The Balaban J connectivity index is 3.06. The molecule has 0 radical (unpaired) electrons. The quantitative estimate of drug-likeness (QED) is 0.728. The van der Waals surface area contributed by atoms with Gasteiger partial charge in [-0.3, -0.25) is 9.59 Å². The van der Waals surface area contributed by atoms with E-state index in [-0.39, 0.29) is 18.0 Å². The van der Waals surface area contributed by atoms with Crippen LogP contribution in [0.5, 0.6) is 0 Å².